The molecule has 0 spiro atoms. The molecule has 0 N–H and O–H groups in total. The van der Waals surface area contributed by atoms with Gasteiger partial charge in [-0.15, -0.1) is 11.3 Å². The summed E-state index contributed by atoms with van der Waals surface area (Å²) < 4.78 is 24.1. The lowest BCUT2D eigenvalue weighted by molar-refractivity contribution is -0.144. The third-order valence-electron chi connectivity index (χ3n) is 5.56. The number of halogens is 1. The van der Waals surface area contributed by atoms with Crippen molar-refractivity contribution in [2.45, 2.75) is 32.7 Å². The number of hydrogen-bond acceptors (Lipinski definition) is 5. The monoisotopic (exact) mass is 462 g/mol. The van der Waals surface area contributed by atoms with Crippen molar-refractivity contribution in [2.24, 2.45) is 5.92 Å². The summed E-state index contributed by atoms with van der Waals surface area (Å²) in [5.41, 5.74) is 1.08. The zero-order valence-electron chi connectivity index (χ0n) is 18.9. The summed E-state index contributed by atoms with van der Waals surface area (Å²) in [7, 11) is 1.48. The average Bonchev–Trinajstić information content (AvgIpc) is 3.25. The van der Waals surface area contributed by atoms with Gasteiger partial charge in [-0.1, -0.05) is 13.8 Å². The molecule has 1 atom stereocenters. The van der Waals surface area contributed by atoms with Crippen molar-refractivity contribution in [2.75, 3.05) is 40.0 Å². The highest BCUT2D eigenvalue weighted by Gasteiger charge is 2.33. The second-order valence-electron chi connectivity index (χ2n) is 8.35. The minimum absolute atomic E-state index is 0.0153. The number of fused-ring (bicyclic) bond motifs is 1. The number of ether oxygens (including phenoxy) is 2. The first-order chi connectivity index (χ1) is 15.4. The smallest absolute Gasteiger partial charge is 0.249 e. The van der Waals surface area contributed by atoms with Gasteiger partial charge in [-0.05, 0) is 60.0 Å². The fraction of sp³-hybridized carbons (Fsp3) is 0.500. The predicted molar refractivity (Wildman–Crippen MR) is 122 cm³/mol. The molecule has 0 bridgehead atoms. The number of nitrogens with zero attached hydrogens (tertiary/aromatic N) is 2. The fourth-order valence-corrected chi connectivity index (χ4v) is 4.68. The predicted octanol–water partition coefficient (Wildman–Crippen LogP) is 3.91. The van der Waals surface area contributed by atoms with Crippen LogP contribution in [0, 0.1) is 11.7 Å². The number of hydrogen-bond donors (Lipinski definition) is 0. The van der Waals surface area contributed by atoms with Crippen molar-refractivity contribution in [3.63, 3.8) is 0 Å². The molecule has 0 saturated heterocycles. The van der Waals surface area contributed by atoms with Gasteiger partial charge in [0.1, 0.15) is 24.8 Å². The number of carbonyl (C=O) groups excluding carboxylic acids is 2. The van der Waals surface area contributed by atoms with E-state index in [1.165, 1.54) is 24.1 Å². The summed E-state index contributed by atoms with van der Waals surface area (Å²) in [6.07, 6.45) is 1.60. The third kappa shape index (κ3) is 6.29. The van der Waals surface area contributed by atoms with E-state index >= 15 is 0 Å². The molecule has 6 nitrogen and oxygen atoms in total. The molecule has 3 rings (SSSR count). The van der Waals surface area contributed by atoms with Gasteiger partial charge in [-0.25, -0.2) is 4.39 Å². The Hall–Kier alpha value is -2.45. The van der Waals surface area contributed by atoms with Gasteiger partial charge in [0.05, 0.1) is 12.6 Å². The Balaban J connectivity index is 1.74. The molecule has 2 aromatic rings. The van der Waals surface area contributed by atoms with Crippen molar-refractivity contribution < 1.29 is 23.5 Å². The van der Waals surface area contributed by atoms with Gasteiger partial charge in [-0.2, -0.15) is 0 Å². The van der Waals surface area contributed by atoms with Gasteiger partial charge in [0, 0.05) is 25.1 Å². The largest absolute Gasteiger partial charge is 0.491 e. The Kier molecular flexibility index (Phi) is 8.64. The number of amides is 2. The molecule has 174 valence electrons. The van der Waals surface area contributed by atoms with E-state index < -0.39 is 0 Å². The summed E-state index contributed by atoms with van der Waals surface area (Å²) in [5, 5.41) is 2.03. The van der Waals surface area contributed by atoms with E-state index in [4.69, 9.17) is 9.47 Å². The first-order valence-electron chi connectivity index (χ1n) is 10.9. The first-order valence-corrected chi connectivity index (χ1v) is 11.8. The maximum Gasteiger partial charge on any atom is 0.249 e. The van der Waals surface area contributed by atoms with Crippen LogP contribution in [0.5, 0.6) is 5.75 Å². The van der Waals surface area contributed by atoms with E-state index in [1.54, 1.807) is 33.3 Å². The number of rotatable bonds is 10. The van der Waals surface area contributed by atoms with Crippen LogP contribution in [0.4, 0.5) is 4.39 Å². The maximum atomic E-state index is 13.3. The van der Waals surface area contributed by atoms with Gasteiger partial charge in [0.25, 0.3) is 0 Å². The van der Waals surface area contributed by atoms with E-state index in [0.717, 1.165) is 18.4 Å². The summed E-state index contributed by atoms with van der Waals surface area (Å²) in [5.74, 6) is 0.351. The Morgan fingerprint density at radius 3 is 2.69 bits per heavy atom. The van der Waals surface area contributed by atoms with Crippen molar-refractivity contribution in [1.82, 2.24) is 9.80 Å². The van der Waals surface area contributed by atoms with E-state index in [-0.39, 0.29) is 43.4 Å². The normalized spacial score (nSPS) is 15.5. The van der Waals surface area contributed by atoms with Gasteiger partial charge < -0.3 is 19.3 Å². The number of carbonyl (C=O) groups is 2. The van der Waals surface area contributed by atoms with E-state index in [0.29, 0.717) is 24.8 Å². The number of benzene rings is 1. The second-order valence-corrected chi connectivity index (χ2v) is 9.35. The molecule has 1 aromatic carbocycles. The van der Waals surface area contributed by atoms with Crippen LogP contribution in [-0.2, 0) is 20.7 Å². The number of thiophene rings is 1. The molecule has 2 heterocycles. The molecule has 1 aliphatic heterocycles. The second kappa shape index (κ2) is 11.4. The fourth-order valence-electron chi connectivity index (χ4n) is 3.76. The Labute approximate surface area is 192 Å². The summed E-state index contributed by atoms with van der Waals surface area (Å²) >= 11 is 1.68. The van der Waals surface area contributed by atoms with Crippen molar-refractivity contribution in [3.05, 3.63) is 52.0 Å². The minimum atomic E-state index is -0.325. The van der Waals surface area contributed by atoms with Crippen LogP contribution in [0.15, 0.2) is 35.7 Å². The standard InChI is InChI=1S/C24H31FN2O4S/c1-17(2)8-11-26(24(29)16-30-3)14-23(28)27-12-9-22-20(10-13-32-22)21(27)15-31-19-6-4-18(25)5-7-19/h4-7,10,13,17,21H,8-9,11-12,14-16H2,1-3H3/t21-/m0/s1. The maximum absolute atomic E-state index is 13.3. The topological polar surface area (TPSA) is 59.1 Å². The third-order valence-corrected chi connectivity index (χ3v) is 6.56. The molecular weight excluding hydrogens is 431 g/mol. The van der Waals surface area contributed by atoms with Crippen LogP contribution in [0.25, 0.3) is 0 Å². The average molecular weight is 463 g/mol. The van der Waals surface area contributed by atoms with E-state index in [1.807, 2.05) is 11.4 Å². The highest BCUT2D eigenvalue weighted by atomic mass is 32.1. The lowest BCUT2D eigenvalue weighted by atomic mass is 10.0. The Bertz CT molecular complexity index is 900. The molecule has 0 radical (unpaired) electrons. The van der Waals surface area contributed by atoms with Crippen molar-refractivity contribution in [1.29, 1.82) is 0 Å². The highest BCUT2D eigenvalue weighted by molar-refractivity contribution is 7.10. The lowest BCUT2D eigenvalue weighted by Crippen LogP contribution is -2.48. The lowest BCUT2D eigenvalue weighted by Gasteiger charge is -2.37. The molecule has 2 amide bonds. The highest BCUT2D eigenvalue weighted by Crippen LogP contribution is 2.34. The molecule has 0 aliphatic carbocycles. The molecule has 8 heteroatoms. The molecule has 0 unspecified atom stereocenters. The van der Waals surface area contributed by atoms with E-state index in [2.05, 4.69) is 13.8 Å². The Morgan fingerprint density at radius 2 is 2.00 bits per heavy atom. The van der Waals surface area contributed by atoms with Crippen LogP contribution >= 0.6 is 11.3 Å². The summed E-state index contributed by atoms with van der Waals surface area (Å²) in [6, 6.07) is 7.63. The molecule has 1 aliphatic rings. The van der Waals surface area contributed by atoms with Crippen molar-refractivity contribution >= 4 is 23.2 Å². The molecule has 0 saturated carbocycles. The van der Waals surface area contributed by atoms with Crippen LogP contribution < -0.4 is 4.74 Å². The zero-order valence-corrected chi connectivity index (χ0v) is 19.7. The molecule has 32 heavy (non-hydrogen) atoms. The summed E-state index contributed by atoms with van der Waals surface area (Å²) in [6.45, 7) is 5.50. The van der Waals surface area contributed by atoms with Gasteiger partial charge in [0.15, 0.2) is 0 Å². The van der Waals surface area contributed by atoms with E-state index in [9.17, 15) is 14.0 Å². The quantitative estimate of drug-likeness (QED) is 0.537. The van der Waals surface area contributed by atoms with Gasteiger partial charge in [0.2, 0.25) is 11.8 Å². The van der Waals surface area contributed by atoms with Gasteiger partial charge in [-0.3, -0.25) is 9.59 Å². The van der Waals surface area contributed by atoms with Crippen molar-refractivity contribution in [3.8, 4) is 5.75 Å². The zero-order chi connectivity index (χ0) is 23.1. The first kappa shape index (κ1) is 24.2. The minimum Gasteiger partial charge on any atom is -0.491 e. The summed E-state index contributed by atoms with van der Waals surface area (Å²) in [4.78, 5) is 30.5. The van der Waals surface area contributed by atoms with Crippen LogP contribution in [0.1, 0.15) is 36.8 Å². The van der Waals surface area contributed by atoms with Crippen LogP contribution in [-0.4, -0.2) is 61.6 Å². The molecule has 0 fully saturated rings. The Morgan fingerprint density at radius 1 is 1.25 bits per heavy atom. The molecule has 1 aromatic heterocycles. The van der Waals surface area contributed by atoms with Crippen LogP contribution in [0.2, 0.25) is 0 Å². The van der Waals surface area contributed by atoms with Crippen LogP contribution in [0.3, 0.4) is 0 Å². The van der Waals surface area contributed by atoms with Gasteiger partial charge >= 0.3 is 0 Å². The SMILES string of the molecule is COCC(=O)N(CCC(C)C)CC(=O)N1CCc2sccc2[C@@H]1COc1ccc(F)cc1. The molecular formula is C24H31FN2O4S. The number of methoxy groups -OCH3 is 1.